The smallest absolute Gasteiger partial charge is 0.255 e. The first-order valence-electron chi connectivity index (χ1n) is 12.5. The summed E-state index contributed by atoms with van der Waals surface area (Å²) in [6, 6.07) is 19.7. The molecule has 4 aromatic rings. The van der Waals surface area contributed by atoms with Crippen molar-refractivity contribution in [3.63, 3.8) is 0 Å². The van der Waals surface area contributed by atoms with Gasteiger partial charge in [0.15, 0.2) is 17.0 Å². The molecule has 3 aromatic carbocycles. The van der Waals surface area contributed by atoms with Gasteiger partial charge in [0.05, 0.1) is 19.9 Å². The van der Waals surface area contributed by atoms with Crippen molar-refractivity contribution in [1.29, 1.82) is 0 Å². The van der Waals surface area contributed by atoms with Crippen molar-refractivity contribution in [2.75, 3.05) is 27.3 Å². The molecule has 2 atom stereocenters. The molecule has 0 unspecified atom stereocenters. The van der Waals surface area contributed by atoms with Crippen molar-refractivity contribution in [2.45, 2.75) is 24.9 Å². The molecule has 194 valence electrons. The largest absolute Gasteiger partial charge is 0.493 e. The molecule has 0 aliphatic carbocycles. The standard InChI is InChI=1S/C30H28FN3O4/c1-30-28-26(21-7-4-5-9-23(21)32-28)22(20-8-6-10-24(37-2)27(20)38-3)16-34(30)25(35)17-33(29(30)36)15-18-11-13-19(31)14-12-18/h4-14,22,32H,15-17H2,1-3H3/t22-,30+/m1/s1. The second kappa shape index (κ2) is 8.90. The number of nitrogens with zero attached hydrogens (tertiary/aromatic N) is 2. The zero-order valence-electron chi connectivity index (χ0n) is 21.5. The summed E-state index contributed by atoms with van der Waals surface area (Å²) in [4.78, 5) is 34.7. The van der Waals surface area contributed by atoms with Crippen molar-refractivity contribution in [1.82, 2.24) is 14.8 Å². The molecule has 3 heterocycles. The lowest BCUT2D eigenvalue weighted by atomic mass is 9.76. The minimum Gasteiger partial charge on any atom is -0.493 e. The zero-order valence-corrected chi connectivity index (χ0v) is 21.5. The number of rotatable bonds is 5. The van der Waals surface area contributed by atoms with Gasteiger partial charge in [-0.2, -0.15) is 0 Å². The molecule has 0 radical (unpaired) electrons. The maximum Gasteiger partial charge on any atom is 0.255 e. The van der Waals surface area contributed by atoms with Crippen LogP contribution in [0.25, 0.3) is 10.9 Å². The molecule has 2 aliphatic rings. The molecule has 0 saturated carbocycles. The predicted octanol–water partition coefficient (Wildman–Crippen LogP) is 4.56. The number of carbonyl (C=O) groups excluding carboxylic acids is 2. The summed E-state index contributed by atoms with van der Waals surface area (Å²) in [7, 11) is 3.20. The topological polar surface area (TPSA) is 74.9 Å². The van der Waals surface area contributed by atoms with Crippen molar-refractivity contribution in [2.24, 2.45) is 0 Å². The molecule has 1 aromatic heterocycles. The van der Waals surface area contributed by atoms with E-state index in [4.69, 9.17) is 9.47 Å². The molecule has 38 heavy (non-hydrogen) atoms. The lowest BCUT2D eigenvalue weighted by Crippen LogP contribution is -2.67. The van der Waals surface area contributed by atoms with Gasteiger partial charge >= 0.3 is 0 Å². The predicted molar refractivity (Wildman–Crippen MR) is 141 cm³/mol. The number of hydrogen-bond acceptors (Lipinski definition) is 4. The van der Waals surface area contributed by atoms with Crippen molar-refractivity contribution < 1.29 is 23.5 Å². The Labute approximate surface area is 219 Å². The Morgan fingerprint density at radius 2 is 1.76 bits per heavy atom. The third-order valence-corrected chi connectivity index (χ3v) is 7.91. The molecule has 1 fully saturated rings. The van der Waals surface area contributed by atoms with Gasteiger partial charge in [0.1, 0.15) is 12.4 Å². The van der Waals surface area contributed by atoms with Crippen LogP contribution >= 0.6 is 0 Å². The average Bonchev–Trinajstić information content (AvgIpc) is 3.33. The number of aromatic nitrogens is 1. The number of para-hydroxylation sites is 2. The van der Waals surface area contributed by atoms with Gasteiger partial charge in [0.2, 0.25) is 5.91 Å². The van der Waals surface area contributed by atoms with E-state index in [1.165, 1.54) is 12.1 Å². The molecular weight excluding hydrogens is 485 g/mol. The van der Waals surface area contributed by atoms with Crippen LogP contribution < -0.4 is 9.47 Å². The molecule has 6 rings (SSSR count). The minimum absolute atomic E-state index is 0.0523. The van der Waals surface area contributed by atoms with Crippen molar-refractivity contribution in [3.05, 3.63) is 94.9 Å². The Hall–Kier alpha value is -4.33. The summed E-state index contributed by atoms with van der Waals surface area (Å²) in [5, 5.41) is 0.995. The number of carbonyl (C=O) groups is 2. The van der Waals surface area contributed by atoms with E-state index in [1.807, 2.05) is 49.4 Å². The number of halogens is 1. The molecule has 1 saturated heterocycles. The number of nitrogens with one attached hydrogen (secondary N) is 1. The number of fused-ring (bicyclic) bond motifs is 5. The van der Waals surface area contributed by atoms with E-state index in [9.17, 15) is 14.0 Å². The highest BCUT2D eigenvalue weighted by molar-refractivity contribution is 6.01. The fraction of sp³-hybridized carbons (Fsp3) is 0.267. The highest BCUT2D eigenvalue weighted by Gasteiger charge is 2.56. The van der Waals surface area contributed by atoms with Crippen LogP contribution in [-0.2, 0) is 21.7 Å². The number of ether oxygens (including phenoxy) is 2. The summed E-state index contributed by atoms with van der Waals surface area (Å²) in [6.07, 6.45) is 0. The van der Waals surface area contributed by atoms with E-state index >= 15 is 0 Å². The lowest BCUT2D eigenvalue weighted by Gasteiger charge is -2.51. The summed E-state index contributed by atoms with van der Waals surface area (Å²) < 4.78 is 24.8. The Morgan fingerprint density at radius 3 is 2.50 bits per heavy atom. The first-order chi connectivity index (χ1) is 18.4. The first kappa shape index (κ1) is 24.0. The average molecular weight is 514 g/mol. The fourth-order valence-electron chi connectivity index (χ4n) is 6.08. The molecule has 2 amide bonds. The van der Waals surface area contributed by atoms with Gasteiger partial charge in [-0.3, -0.25) is 9.59 Å². The summed E-state index contributed by atoms with van der Waals surface area (Å²) in [6.45, 7) is 2.29. The highest BCUT2D eigenvalue weighted by Crippen LogP contribution is 2.50. The number of hydrogen-bond donors (Lipinski definition) is 1. The highest BCUT2D eigenvalue weighted by atomic mass is 19.1. The zero-order chi connectivity index (χ0) is 26.6. The normalized spacial score (nSPS) is 20.9. The molecule has 2 aliphatic heterocycles. The Morgan fingerprint density at radius 1 is 1.00 bits per heavy atom. The number of aromatic amines is 1. The maximum absolute atomic E-state index is 14.2. The minimum atomic E-state index is -1.23. The molecule has 8 heteroatoms. The van der Waals surface area contributed by atoms with Crippen LogP contribution in [0.1, 0.15) is 35.2 Å². The van der Waals surface area contributed by atoms with Gasteiger partial charge in [-0.15, -0.1) is 0 Å². The van der Waals surface area contributed by atoms with Crippen LogP contribution in [0.15, 0.2) is 66.7 Å². The van der Waals surface area contributed by atoms with E-state index in [2.05, 4.69) is 4.98 Å². The Balaban J connectivity index is 1.52. The molecule has 1 N–H and O–H groups in total. The number of benzene rings is 3. The van der Waals surface area contributed by atoms with Crippen LogP contribution in [0.4, 0.5) is 4.39 Å². The van der Waals surface area contributed by atoms with E-state index in [1.54, 1.807) is 36.2 Å². The van der Waals surface area contributed by atoms with Crippen LogP contribution in [0.2, 0.25) is 0 Å². The van der Waals surface area contributed by atoms with Gasteiger partial charge in [-0.05, 0) is 42.3 Å². The second-order valence-electron chi connectivity index (χ2n) is 9.96. The monoisotopic (exact) mass is 513 g/mol. The SMILES string of the molecule is COc1cccc([C@H]2CN3C(=O)CN(Cc4ccc(F)cc4)C(=O)[C@]3(C)c3[nH]c4ccccc4c32)c1OC. The van der Waals surface area contributed by atoms with Gasteiger partial charge in [0, 0.05) is 35.5 Å². The maximum atomic E-state index is 14.2. The third-order valence-electron chi connectivity index (χ3n) is 7.91. The number of H-pyrrole nitrogens is 1. The number of piperazine rings is 1. The number of methoxy groups -OCH3 is 2. The fourth-order valence-corrected chi connectivity index (χ4v) is 6.08. The van der Waals surface area contributed by atoms with Crippen LogP contribution in [0.3, 0.4) is 0 Å². The Kier molecular flexibility index (Phi) is 5.63. The second-order valence-corrected chi connectivity index (χ2v) is 9.96. The van der Waals surface area contributed by atoms with Crippen LogP contribution in [0, 0.1) is 5.82 Å². The first-order valence-corrected chi connectivity index (χ1v) is 12.5. The van der Waals surface area contributed by atoms with E-state index in [-0.39, 0.29) is 36.6 Å². The molecular formula is C30H28FN3O4. The van der Waals surface area contributed by atoms with Crippen LogP contribution in [-0.4, -0.2) is 53.9 Å². The van der Waals surface area contributed by atoms with Gasteiger partial charge < -0.3 is 24.3 Å². The van der Waals surface area contributed by atoms with E-state index < -0.39 is 5.54 Å². The van der Waals surface area contributed by atoms with Crippen molar-refractivity contribution in [3.8, 4) is 11.5 Å². The van der Waals surface area contributed by atoms with Gasteiger partial charge in [0.25, 0.3) is 5.91 Å². The van der Waals surface area contributed by atoms with Crippen LogP contribution in [0.5, 0.6) is 11.5 Å². The summed E-state index contributed by atoms with van der Waals surface area (Å²) >= 11 is 0. The molecule has 0 bridgehead atoms. The third kappa shape index (κ3) is 3.47. The number of amides is 2. The van der Waals surface area contributed by atoms with Gasteiger partial charge in [-0.25, -0.2) is 4.39 Å². The van der Waals surface area contributed by atoms with Crippen molar-refractivity contribution >= 4 is 22.7 Å². The van der Waals surface area contributed by atoms with E-state index in [0.717, 1.165) is 27.6 Å². The van der Waals surface area contributed by atoms with E-state index in [0.29, 0.717) is 23.7 Å². The summed E-state index contributed by atoms with van der Waals surface area (Å²) in [5.41, 5.74) is 2.97. The molecule has 7 nitrogen and oxygen atoms in total. The Bertz CT molecular complexity index is 1560. The molecule has 0 spiro atoms. The quantitative estimate of drug-likeness (QED) is 0.425. The lowest BCUT2D eigenvalue weighted by molar-refractivity contribution is -0.166. The summed E-state index contributed by atoms with van der Waals surface area (Å²) in [5.74, 6) is 0.289. The van der Waals surface area contributed by atoms with Gasteiger partial charge in [-0.1, -0.05) is 42.5 Å².